The molecule has 0 atom stereocenters. The highest BCUT2D eigenvalue weighted by molar-refractivity contribution is 5.26. The van der Waals surface area contributed by atoms with Gasteiger partial charge < -0.3 is 9.47 Å². The molecule has 0 unspecified atom stereocenters. The van der Waals surface area contributed by atoms with Crippen LogP contribution in [0.25, 0.3) is 0 Å². The normalized spacial score (nSPS) is 10.3. The van der Waals surface area contributed by atoms with E-state index in [-0.39, 0.29) is 0 Å². The molecule has 0 radical (unpaired) electrons. The summed E-state index contributed by atoms with van der Waals surface area (Å²) in [6.45, 7) is 10.3. The lowest BCUT2D eigenvalue weighted by Crippen LogP contribution is -2.02. The standard InChI is InChI=1S/C16H24O2/c1-14(2)10-13-17-11-4-5-12-18-16-8-6-15(3)7-9-16/h6-9H,1,4-5,10-13H2,2-3H3. The van der Waals surface area contributed by atoms with Gasteiger partial charge in [0.05, 0.1) is 13.2 Å². The van der Waals surface area contributed by atoms with Crippen LogP contribution >= 0.6 is 0 Å². The predicted molar refractivity (Wildman–Crippen MR) is 76.2 cm³/mol. The van der Waals surface area contributed by atoms with E-state index in [0.717, 1.165) is 44.8 Å². The second-order valence-corrected chi connectivity index (χ2v) is 4.69. The highest BCUT2D eigenvalue weighted by Crippen LogP contribution is 2.11. The summed E-state index contributed by atoms with van der Waals surface area (Å²) in [4.78, 5) is 0. The molecular weight excluding hydrogens is 224 g/mol. The van der Waals surface area contributed by atoms with Crippen LogP contribution in [0.4, 0.5) is 0 Å². The molecule has 1 aromatic carbocycles. The van der Waals surface area contributed by atoms with E-state index in [1.54, 1.807) is 0 Å². The quantitative estimate of drug-likeness (QED) is 0.483. The molecule has 0 N–H and O–H groups in total. The van der Waals surface area contributed by atoms with Gasteiger partial charge in [0.15, 0.2) is 0 Å². The van der Waals surface area contributed by atoms with Gasteiger partial charge in [-0.15, -0.1) is 6.58 Å². The highest BCUT2D eigenvalue weighted by atomic mass is 16.5. The topological polar surface area (TPSA) is 18.5 Å². The largest absolute Gasteiger partial charge is 0.494 e. The molecule has 1 rings (SSSR count). The van der Waals surface area contributed by atoms with Gasteiger partial charge in [0.25, 0.3) is 0 Å². The van der Waals surface area contributed by atoms with Crippen molar-refractivity contribution in [1.82, 2.24) is 0 Å². The Hall–Kier alpha value is -1.28. The molecule has 0 amide bonds. The maximum Gasteiger partial charge on any atom is 0.119 e. The molecule has 0 spiro atoms. The first-order valence-electron chi connectivity index (χ1n) is 6.60. The monoisotopic (exact) mass is 248 g/mol. The van der Waals surface area contributed by atoms with Crippen molar-refractivity contribution in [2.24, 2.45) is 0 Å². The minimum absolute atomic E-state index is 0.757. The predicted octanol–water partition coefficient (Wildman–Crippen LogP) is 4.14. The summed E-state index contributed by atoms with van der Waals surface area (Å²) in [5.74, 6) is 0.948. The van der Waals surface area contributed by atoms with Gasteiger partial charge in [0.2, 0.25) is 0 Å². The minimum atomic E-state index is 0.757. The Morgan fingerprint density at radius 3 is 2.39 bits per heavy atom. The van der Waals surface area contributed by atoms with Gasteiger partial charge in [0, 0.05) is 6.61 Å². The third-order valence-electron chi connectivity index (χ3n) is 2.65. The SMILES string of the molecule is C=C(C)CCOCCCCOc1ccc(C)cc1. The molecule has 0 saturated carbocycles. The number of unbranched alkanes of at least 4 members (excludes halogenated alkanes) is 1. The fourth-order valence-electron chi connectivity index (χ4n) is 1.48. The van der Waals surface area contributed by atoms with Crippen molar-refractivity contribution in [1.29, 1.82) is 0 Å². The van der Waals surface area contributed by atoms with E-state index in [1.165, 1.54) is 11.1 Å². The van der Waals surface area contributed by atoms with E-state index in [9.17, 15) is 0 Å². The highest BCUT2D eigenvalue weighted by Gasteiger charge is 1.94. The molecule has 18 heavy (non-hydrogen) atoms. The number of aryl methyl sites for hydroxylation is 1. The van der Waals surface area contributed by atoms with Gasteiger partial charge in [-0.05, 0) is 45.2 Å². The van der Waals surface area contributed by atoms with Crippen LogP contribution in [0.15, 0.2) is 36.4 Å². The van der Waals surface area contributed by atoms with Crippen molar-refractivity contribution in [3.63, 3.8) is 0 Å². The lowest BCUT2D eigenvalue weighted by Gasteiger charge is -2.07. The number of hydrogen-bond donors (Lipinski definition) is 0. The third-order valence-corrected chi connectivity index (χ3v) is 2.65. The molecule has 2 nitrogen and oxygen atoms in total. The van der Waals surface area contributed by atoms with Crippen LogP contribution in [0.5, 0.6) is 5.75 Å². The molecule has 0 aliphatic carbocycles. The fraction of sp³-hybridized carbons (Fsp3) is 0.500. The van der Waals surface area contributed by atoms with Crippen LogP contribution in [-0.2, 0) is 4.74 Å². The zero-order valence-corrected chi connectivity index (χ0v) is 11.6. The fourth-order valence-corrected chi connectivity index (χ4v) is 1.48. The molecular formula is C16H24O2. The molecule has 0 heterocycles. The van der Waals surface area contributed by atoms with E-state index < -0.39 is 0 Å². The summed E-state index contributed by atoms with van der Waals surface area (Å²) in [5.41, 5.74) is 2.44. The molecule has 1 aromatic rings. The van der Waals surface area contributed by atoms with Crippen LogP contribution in [0.1, 0.15) is 31.7 Å². The van der Waals surface area contributed by atoms with E-state index >= 15 is 0 Å². The van der Waals surface area contributed by atoms with Crippen LogP contribution in [-0.4, -0.2) is 19.8 Å². The first-order valence-corrected chi connectivity index (χ1v) is 6.60. The zero-order valence-electron chi connectivity index (χ0n) is 11.6. The molecule has 0 fully saturated rings. The van der Waals surface area contributed by atoms with Crippen molar-refractivity contribution < 1.29 is 9.47 Å². The molecule has 100 valence electrons. The van der Waals surface area contributed by atoms with E-state index in [1.807, 2.05) is 19.1 Å². The smallest absolute Gasteiger partial charge is 0.119 e. The Balaban J connectivity index is 1.95. The molecule has 0 aromatic heterocycles. The zero-order chi connectivity index (χ0) is 13.2. The van der Waals surface area contributed by atoms with Crippen molar-refractivity contribution in [2.45, 2.75) is 33.1 Å². The molecule has 0 aliphatic heterocycles. The average molecular weight is 248 g/mol. The second-order valence-electron chi connectivity index (χ2n) is 4.69. The summed E-state index contributed by atoms with van der Waals surface area (Å²) in [6.07, 6.45) is 3.03. The maximum absolute atomic E-state index is 5.64. The summed E-state index contributed by atoms with van der Waals surface area (Å²) in [6, 6.07) is 8.16. The van der Waals surface area contributed by atoms with Crippen LogP contribution < -0.4 is 4.74 Å². The van der Waals surface area contributed by atoms with Crippen LogP contribution in [0.3, 0.4) is 0 Å². The van der Waals surface area contributed by atoms with Crippen molar-refractivity contribution >= 4 is 0 Å². The average Bonchev–Trinajstić information content (AvgIpc) is 2.34. The van der Waals surface area contributed by atoms with Gasteiger partial charge in [0.1, 0.15) is 5.75 Å². The van der Waals surface area contributed by atoms with Gasteiger partial charge in [-0.2, -0.15) is 0 Å². The summed E-state index contributed by atoms with van der Waals surface area (Å²) in [5, 5.41) is 0. The Morgan fingerprint density at radius 2 is 1.72 bits per heavy atom. The Bertz CT molecular complexity index is 341. The van der Waals surface area contributed by atoms with Crippen molar-refractivity contribution in [3.8, 4) is 5.75 Å². The molecule has 0 bridgehead atoms. The lowest BCUT2D eigenvalue weighted by atomic mass is 10.2. The summed E-state index contributed by atoms with van der Waals surface area (Å²) in [7, 11) is 0. The van der Waals surface area contributed by atoms with E-state index in [0.29, 0.717) is 0 Å². The third kappa shape index (κ3) is 7.13. The maximum atomic E-state index is 5.64. The number of rotatable bonds is 9. The Labute approximate surface area is 111 Å². The van der Waals surface area contributed by atoms with Crippen molar-refractivity contribution in [2.75, 3.05) is 19.8 Å². The van der Waals surface area contributed by atoms with Crippen LogP contribution in [0.2, 0.25) is 0 Å². The lowest BCUT2D eigenvalue weighted by molar-refractivity contribution is 0.129. The minimum Gasteiger partial charge on any atom is -0.494 e. The Morgan fingerprint density at radius 1 is 1.06 bits per heavy atom. The van der Waals surface area contributed by atoms with Crippen LogP contribution in [0, 0.1) is 6.92 Å². The number of ether oxygens (including phenoxy) is 2. The summed E-state index contributed by atoms with van der Waals surface area (Å²) >= 11 is 0. The van der Waals surface area contributed by atoms with Gasteiger partial charge in [-0.3, -0.25) is 0 Å². The van der Waals surface area contributed by atoms with E-state index in [4.69, 9.17) is 9.47 Å². The van der Waals surface area contributed by atoms with Crippen molar-refractivity contribution in [3.05, 3.63) is 42.0 Å². The number of benzene rings is 1. The van der Waals surface area contributed by atoms with Gasteiger partial charge in [-0.25, -0.2) is 0 Å². The van der Waals surface area contributed by atoms with E-state index in [2.05, 4.69) is 25.6 Å². The van der Waals surface area contributed by atoms with Gasteiger partial charge in [-0.1, -0.05) is 23.3 Å². The first kappa shape index (κ1) is 14.8. The molecule has 0 saturated heterocycles. The van der Waals surface area contributed by atoms with Gasteiger partial charge >= 0.3 is 0 Å². The molecule has 2 heteroatoms. The molecule has 0 aliphatic rings. The second kappa shape index (κ2) is 8.76. The number of hydrogen-bond acceptors (Lipinski definition) is 2. The summed E-state index contributed by atoms with van der Waals surface area (Å²) < 4.78 is 11.1. The Kier molecular flexibility index (Phi) is 7.19. The first-order chi connectivity index (χ1) is 8.68.